The molecule has 0 aliphatic rings. The van der Waals surface area contributed by atoms with Crippen LogP contribution in [-0.4, -0.2) is 11.1 Å². The normalized spacial score (nSPS) is 10.4. The maximum Gasteiger partial charge on any atom is 0.213 e. The summed E-state index contributed by atoms with van der Waals surface area (Å²) in [5, 5.41) is 0. The summed E-state index contributed by atoms with van der Waals surface area (Å²) in [5.41, 5.74) is 0.774. The number of hydrogen-bond acceptors (Lipinski definition) is 2. The minimum absolute atomic E-state index is 0.0935. The fourth-order valence-electron chi connectivity index (χ4n) is 0.886. The predicted octanol–water partition coefficient (Wildman–Crippen LogP) is 2.32. The molecule has 0 radical (unpaired) electrons. The van der Waals surface area contributed by atoms with Crippen LogP contribution in [0.15, 0.2) is 12.3 Å². The summed E-state index contributed by atoms with van der Waals surface area (Å²) in [5.74, 6) is 0.176. The second kappa shape index (κ2) is 3.52. The monoisotopic (exact) mass is 169 g/mol. The summed E-state index contributed by atoms with van der Waals surface area (Å²) in [7, 11) is 0. The van der Waals surface area contributed by atoms with Crippen molar-refractivity contribution in [1.29, 1.82) is 0 Å². The Labute approximate surface area is 71.4 Å². The first-order valence-corrected chi connectivity index (χ1v) is 3.88. The third kappa shape index (κ3) is 2.19. The van der Waals surface area contributed by atoms with Crippen molar-refractivity contribution in [1.82, 2.24) is 4.98 Å². The van der Waals surface area contributed by atoms with Crippen LogP contribution in [0.1, 0.15) is 19.4 Å². The van der Waals surface area contributed by atoms with E-state index in [1.54, 1.807) is 6.92 Å². The van der Waals surface area contributed by atoms with Crippen LogP contribution in [0.5, 0.6) is 5.75 Å². The first kappa shape index (κ1) is 8.97. The maximum atomic E-state index is 12.5. The third-order valence-corrected chi connectivity index (χ3v) is 1.39. The lowest BCUT2D eigenvalue weighted by atomic mass is 10.3. The molecule has 0 atom stereocenters. The van der Waals surface area contributed by atoms with Gasteiger partial charge in [-0.1, -0.05) is 0 Å². The summed E-state index contributed by atoms with van der Waals surface area (Å²) in [6.45, 7) is 5.63. The third-order valence-electron chi connectivity index (χ3n) is 1.39. The summed E-state index contributed by atoms with van der Waals surface area (Å²) >= 11 is 0. The highest BCUT2D eigenvalue weighted by molar-refractivity contribution is 5.28. The molecule has 0 aliphatic carbocycles. The van der Waals surface area contributed by atoms with E-state index in [2.05, 4.69) is 4.98 Å². The van der Waals surface area contributed by atoms with Gasteiger partial charge in [0.2, 0.25) is 5.95 Å². The van der Waals surface area contributed by atoms with Crippen LogP contribution in [0.2, 0.25) is 0 Å². The molecule has 3 heteroatoms. The van der Waals surface area contributed by atoms with Crippen LogP contribution in [0.3, 0.4) is 0 Å². The Morgan fingerprint density at radius 1 is 1.50 bits per heavy atom. The van der Waals surface area contributed by atoms with Gasteiger partial charge in [0, 0.05) is 0 Å². The van der Waals surface area contributed by atoms with Gasteiger partial charge in [-0.25, -0.2) is 4.98 Å². The molecular formula is C9H12FNO. The molecule has 2 nitrogen and oxygen atoms in total. The van der Waals surface area contributed by atoms with Gasteiger partial charge >= 0.3 is 0 Å². The molecule has 1 heterocycles. The smallest absolute Gasteiger partial charge is 0.213 e. The SMILES string of the molecule is Cc1cc(F)ncc1OC(C)C. The summed E-state index contributed by atoms with van der Waals surface area (Å²) < 4.78 is 17.9. The van der Waals surface area contributed by atoms with Crippen molar-refractivity contribution in [2.45, 2.75) is 26.9 Å². The van der Waals surface area contributed by atoms with Crippen LogP contribution in [0.4, 0.5) is 4.39 Å². The predicted molar refractivity (Wildman–Crippen MR) is 44.7 cm³/mol. The van der Waals surface area contributed by atoms with E-state index in [0.29, 0.717) is 5.75 Å². The minimum atomic E-state index is -0.469. The molecule has 0 aliphatic heterocycles. The number of aryl methyl sites for hydroxylation is 1. The number of rotatable bonds is 2. The first-order valence-electron chi connectivity index (χ1n) is 3.88. The molecule has 0 N–H and O–H groups in total. The van der Waals surface area contributed by atoms with Crippen molar-refractivity contribution in [3.05, 3.63) is 23.8 Å². The molecule has 0 amide bonds. The molecule has 1 rings (SSSR count). The van der Waals surface area contributed by atoms with Gasteiger partial charge in [0.1, 0.15) is 5.75 Å². The Kier molecular flexibility index (Phi) is 2.63. The Hall–Kier alpha value is -1.12. The van der Waals surface area contributed by atoms with Crippen molar-refractivity contribution in [2.24, 2.45) is 0 Å². The van der Waals surface area contributed by atoms with Gasteiger partial charge in [-0.3, -0.25) is 0 Å². The Morgan fingerprint density at radius 2 is 2.17 bits per heavy atom. The molecule has 66 valence electrons. The molecule has 0 spiro atoms. The number of aromatic nitrogens is 1. The Bertz CT molecular complexity index is 273. The zero-order valence-corrected chi connectivity index (χ0v) is 7.47. The molecule has 1 aromatic heterocycles. The number of halogens is 1. The largest absolute Gasteiger partial charge is 0.489 e. The van der Waals surface area contributed by atoms with Gasteiger partial charge in [0.15, 0.2) is 0 Å². The molecular weight excluding hydrogens is 157 g/mol. The van der Waals surface area contributed by atoms with Gasteiger partial charge in [0.25, 0.3) is 0 Å². The van der Waals surface area contributed by atoms with Crippen LogP contribution < -0.4 is 4.74 Å². The van der Waals surface area contributed by atoms with Crippen molar-refractivity contribution in [3.8, 4) is 5.75 Å². The molecule has 0 bridgehead atoms. The molecule has 1 aromatic rings. The van der Waals surface area contributed by atoms with Gasteiger partial charge in [0.05, 0.1) is 12.3 Å². The lowest BCUT2D eigenvalue weighted by molar-refractivity contribution is 0.239. The number of hydrogen-bond donors (Lipinski definition) is 0. The quantitative estimate of drug-likeness (QED) is 0.634. The molecule has 0 saturated carbocycles. The average Bonchev–Trinajstić information content (AvgIpc) is 1.94. The minimum Gasteiger partial charge on any atom is -0.489 e. The molecule has 0 unspecified atom stereocenters. The van der Waals surface area contributed by atoms with Crippen molar-refractivity contribution in [2.75, 3.05) is 0 Å². The number of ether oxygens (including phenoxy) is 1. The van der Waals surface area contributed by atoms with E-state index in [-0.39, 0.29) is 6.10 Å². The van der Waals surface area contributed by atoms with Gasteiger partial charge in [-0.15, -0.1) is 0 Å². The van der Waals surface area contributed by atoms with Gasteiger partial charge in [-0.2, -0.15) is 4.39 Å². The molecule has 0 fully saturated rings. The second-order valence-corrected chi connectivity index (χ2v) is 2.94. The van der Waals surface area contributed by atoms with E-state index >= 15 is 0 Å². The van der Waals surface area contributed by atoms with E-state index in [4.69, 9.17) is 4.74 Å². The van der Waals surface area contributed by atoms with Crippen molar-refractivity contribution < 1.29 is 9.13 Å². The molecule has 12 heavy (non-hydrogen) atoms. The fourth-order valence-corrected chi connectivity index (χ4v) is 0.886. The summed E-state index contributed by atoms with van der Waals surface area (Å²) in [4.78, 5) is 3.50. The van der Waals surface area contributed by atoms with Crippen molar-refractivity contribution >= 4 is 0 Å². The number of pyridine rings is 1. The van der Waals surface area contributed by atoms with Crippen LogP contribution >= 0.6 is 0 Å². The topological polar surface area (TPSA) is 22.1 Å². The molecule has 0 aromatic carbocycles. The van der Waals surface area contributed by atoms with Crippen LogP contribution in [0.25, 0.3) is 0 Å². The highest BCUT2D eigenvalue weighted by Gasteiger charge is 2.03. The highest BCUT2D eigenvalue weighted by atomic mass is 19.1. The van der Waals surface area contributed by atoms with E-state index in [9.17, 15) is 4.39 Å². The first-order chi connectivity index (χ1) is 5.59. The second-order valence-electron chi connectivity index (χ2n) is 2.94. The standard InChI is InChI=1S/C9H12FNO/c1-6(2)12-8-5-11-9(10)4-7(8)3/h4-6H,1-3H3. The van der Waals surface area contributed by atoms with Gasteiger partial charge in [-0.05, 0) is 32.4 Å². The van der Waals surface area contributed by atoms with E-state index in [1.165, 1.54) is 12.3 Å². The van der Waals surface area contributed by atoms with E-state index < -0.39 is 5.95 Å². The van der Waals surface area contributed by atoms with E-state index in [1.807, 2.05) is 13.8 Å². The van der Waals surface area contributed by atoms with E-state index in [0.717, 1.165) is 5.56 Å². The zero-order valence-electron chi connectivity index (χ0n) is 7.47. The Morgan fingerprint density at radius 3 is 2.67 bits per heavy atom. The summed E-state index contributed by atoms with van der Waals surface area (Å²) in [6.07, 6.45) is 1.50. The lowest BCUT2D eigenvalue weighted by Crippen LogP contribution is -2.07. The zero-order chi connectivity index (χ0) is 9.14. The maximum absolute atomic E-state index is 12.5. The fraction of sp³-hybridized carbons (Fsp3) is 0.444. The lowest BCUT2D eigenvalue weighted by Gasteiger charge is -2.10. The molecule has 0 saturated heterocycles. The summed E-state index contributed by atoms with van der Waals surface area (Å²) in [6, 6.07) is 1.36. The average molecular weight is 169 g/mol. The highest BCUT2D eigenvalue weighted by Crippen LogP contribution is 2.17. The Balaban J connectivity index is 2.86. The van der Waals surface area contributed by atoms with Crippen LogP contribution in [-0.2, 0) is 0 Å². The van der Waals surface area contributed by atoms with Gasteiger partial charge < -0.3 is 4.74 Å². The number of nitrogens with zero attached hydrogens (tertiary/aromatic N) is 1. The van der Waals surface area contributed by atoms with Crippen molar-refractivity contribution in [3.63, 3.8) is 0 Å². The van der Waals surface area contributed by atoms with Crippen LogP contribution in [0, 0.1) is 12.9 Å².